The third-order valence-corrected chi connectivity index (χ3v) is 4.10. The van der Waals surface area contributed by atoms with E-state index in [0.717, 1.165) is 43.7 Å². The summed E-state index contributed by atoms with van der Waals surface area (Å²) in [5, 5.41) is 12.8. The van der Waals surface area contributed by atoms with Gasteiger partial charge in [0.1, 0.15) is 6.07 Å². The molecule has 3 nitrogen and oxygen atoms in total. The number of hydrogen-bond acceptors (Lipinski definition) is 3. The van der Waals surface area contributed by atoms with Gasteiger partial charge in [-0.3, -0.25) is 0 Å². The predicted octanol–water partition coefficient (Wildman–Crippen LogP) is 3.44. The molecule has 0 amide bonds. The standard InChI is InChI=1S/C17H25N3/c1-3-9-19-13-14-7-8-17(15(11-14)12-18)20-10-5-6-16(20)4-2/h7-8,11,16,19H,3-6,9-10,13H2,1-2H3. The minimum atomic E-state index is 0.603. The molecule has 1 atom stereocenters. The number of rotatable bonds is 6. The van der Waals surface area contributed by atoms with Crippen molar-refractivity contribution in [1.82, 2.24) is 5.32 Å². The van der Waals surface area contributed by atoms with Gasteiger partial charge in [0.25, 0.3) is 0 Å². The quantitative estimate of drug-likeness (QED) is 0.806. The van der Waals surface area contributed by atoms with Crippen molar-refractivity contribution < 1.29 is 0 Å². The van der Waals surface area contributed by atoms with E-state index in [4.69, 9.17) is 0 Å². The van der Waals surface area contributed by atoms with Crippen molar-refractivity contribution in [2.45, 2.75) is 52.1 Å². The fourth-order valence-corrected chi connectivity index (χ4v) is 3.02. The lowest BCUT2D eigenvalue weighted by atomic mass is 10.1. The lowest BCUT2D eigenvalue weighted by Gasteiger charge is -2.27. The van der Waals surface area contributed by atoms with Gasteiger partial charge in [-0.15, -0.1) is 0 Å². The maximum absolute atomic E-state index is 9.44. The first-order valence-corrected chi connectivity index (χ1v) is 7.80. The molecule has 0 bridgehead atoms. The summed E-state index contributed by atoms with van der Waals surface area (Å²) in [7, 11) is 0. The number of anilines is 1. The van der Waals surface area contributed by atoms with E-state index in [9.17, 15) is 5.26 Å². The second kappa shape index (κ2) is 7.31. The average molecular weight is 271 g/mol. The van der Waals surface area contributed by atoms with Crippen molar-refractivity contribution in [2.24, 2.45) is 0 Å². The van der Waals surface area contributed by atoms with Crippen LogP contribution in [0.1, 0.15) is 50.7 Å². The van der Waals surface area contributed by atoms with Gasteiger partial charge in [0.2, 0.25) is 0 Å². The maximum Gasteiger partial charge on any atom is 0.101 e. The molecule has 0 aromatic heterocycles. The van der Waals surface area contributed by atoms with Crippen molar-refractivity contribution in [3.63, 3.8) is 0 Å². The van der Waals surface area contributed by atoms with Crippen LogP contribution in [-0.2, 0) is 6.54 Å². The predicted molar refractivity (Wildman–Crippen MR) is 83.8 cm³/mol. The summed E-state index contributed by atoms with van der Waals surface area (Å²) in [6.45, 7) is 7.35. The van der Waals surface area contributed by atoms with Gasteiger partial charge in [-0.25, -0.2) is 0 Å². The molecular formula is C17H25N3. The third-order valence-electron chi connectivity index (χ3n) is 4.10. The van der Waals surface area contributed by atoms with Crippen LogP contribution in [0.15, 0.2) is 18.2 Å². The highest BCUT2D eigenvalue weighted by molar-refractivity contribution is 5.61. The minimum Gasteiger partial charge on any atom is -0.367 e. The van der Waals surface area contributed by atoms with E-state index in [0.29, 0.717) is 6.04 Å². The van der Waals surface area contributed by atoms with E-state index in [1.165, 1.54) is 18.4 Å². The first kappa shape index (κ1) is 14.9. The van der Waals surface area contributed by atoms with Crippen LogP contribution in [0, 0.1) is 11.3 Å². The van der Waals surface area contributed by atoms with Crippen LogP contribution >= 0.6 is 0 Å². The molecular weight excluding hydrogens is 246 g/mol. The Hall–Kier alpha value is -1.53. The molecule has 1 aromatic carbocycles. The van der Waals surface area contributed by atoms with Gasteiger partial charge < -0.3 is 10.2 Å². The molecule has 1 aliphatic rings. The highest BCUT2D eigenvalue weighted by Crippen LogP contribution is 2.30. The lowest BCUT2D eigenvalue weighted by Crippen LogP contribution is -2.29. The van der Waals surface area contributed by atoms with E-state index in [1.807, 2.05) is 6.07 Å². The summed E-state index contributed by atoms with van der Waals surface area (Å²) in [5.41, 5.74) is 3.14. The molecule has 0 radical (unpaired) electrons. The highest BCUT2D eigenvalue weighted by Gasteiger charge is 2.24. The molecule has 1 aromatic rings. The highest BCUT2D eigenvalue weighted by atomic mass is 15.2. The molecule has 0 saturated carbocycles. The number of nitriles is 1. The smallest absolute Gasteiger partial charge is 0.101 e. The molecule has 2 rings (SSSR count). The molecule has 3 heteroatoms. The Bertz CT molecular complexity index is 476. The first-order chi connectivity index (χ1) is 9.80. The molecule has 0 spiro atoms. The maximum atomic E-state index is 9.44. The average Bonchev–Trinajstić information content (AvgIpc) is 2.95. The van der Waals surface area contributed by atoms with Crippen LogP contribution in [0.25, 0.3) is 0 Å². The zero-order chi connectivity index (χ0) is 14.4. The van der Waals surface area contributed by atoms with Gasteiger partial charge in [-0.2, -0.15) is 5.26 Å². The zero-order valence-electron chi connectivity index (χ0n) is 12.7. The summed E-state index contributed by atoms with van der Waals surface area (Å²) in [5.74, 6) is 0. The van der Waals surface area contributed by atoms with Crippen molar-refractivity contribution in [1.29, 1.82) is 5.26 Å². The summed E-state index contributed by atoms with van der Waals surface area (Å²) < 4.78 is 0. The Morgan fingerprint density at radius 1 is 1.40 bits per heavy atom. The molecule has 1 aliphatic heterocycles. The molecule has 1 N–H and O–H groups in total. The van der Waals surface area contributed by atoms with Crippen molar-refractivity contribution in [3.8, 4) is 6.07 Å². The fraction of sp³-hybridized carbons (Fsp3) is 0.588. The SMILES string of the molecule is CCCNCc1ccc(N2CCCC2CC)c(C#N)c1. The molecule has 1 unspecified atom stereocenters. The lowest BCUT2D eigenvalue weighted by molar-refractivity contribution is 0.644. The molecule has 1 fully saturated rings. The summed E-state index contributed by atoms with van der Waals surface area (Å²) in [6.07, 6.45) is 4.78. The molecule has 0 aliphatic carbocycles. The molecule has 20 heavy (non-hydrogen) atoms. The summed E-state index contributed by atoms with van der Waals surface area (Å²) in [4.78, 5) is 2.42. The minimum absolute atomic E-state index is 0.603. The molecule has 1 saturated heterocycles. The Labute approximate surface area is 122 Å². The second-order valence-electron chi connectivity index (χ2n) is 5.54. The van der Waals surface area contributed by atoms with Crippen molar-refractivity contribution in [2.75, 3.05) is 18.0 Å². The van der Waals surface area contributed by atoms with E-state index >= 15 is 0 Å². The van der Waals surface area contributed by atoms with Crippen LogP contribution in [0.3, 0.4) is 0 Å². The van der Waals surface area contributed by atoms with E-state index in [1.54, 1.807) is 0 Å². The molecule has 108 valence electrons. The Morgan fingerprint density at radius 3 is 2.95 bits per heavy atom. The van der Waals surface area contributed by atoms with E-state index in [-0.39, 0.29) is 0 Å². The number of nitrogens with one attached hydrogen (secondary N) is 1. The molecule has 1 heterocycles. The van der Waals surface area contributed by atoms with Gasteiger partial charge in [0, 0.05) is 19.1 Å². The van der Waals surface area contributed by atoms with Gasteiger partial charge in [-0.05, 0) is 49.9 Å². The van der Waals surface area contributed by atoms with Gasteiger partial charge in [0.15, 0.2) is 0 Å². The van der Waals surface area contributed by atoms with Gasteiger partial charge in [0.05, 0.1) is 11.3 Å². The van der Waals surface area contributed by atoms with Gasteiger partial charge >= 0.3 is 0 Å². The largest absolute Gasteiger partial charge is 0.367 e. The first-order valence-electron chi connectivity index (χ1n) is 7.80. The van der Waals surface area contributed by atoms with E-state index < -0.39 is 0 Å². The van der Waals surface area contributed by atoms with Crippen LogP contribution in [0.4, 0.5) is 5.69 Å². The monoisotopic (exact) mass is 271 g/mol. The van der Waals surface area contributed by atoms with Gasteiger partial charge in [-0.1, -0.05) is 19.9 Å². The van der Waals surface area contributed by atoms with Crippen LogP contribution in [-0.4, -0.2) is 19.1 Å². The zero-order valence-corrected chi connectivity index (χ0v) is 12.7. The topological polar surface area (TPSA) is 39.1 Å². The Balaban J connectivity index is 2.16. The van der Waals surface area contributed by atoms with Crippen molar-refractivity contribution in [3.05, 3.63) is 29.3 Å². The van der Waals surface area contributed by atoms with Crippen molar-refractivity contribution >= 4 is 5.69 Å². The van der Waals surface area contributed by atoms with E-state index in [2.05, 4.69) is 42.3 Å². The number of benzene rings is 1. The summed E-state index contributed by atoms with van der Waals surface area (Å²) >= 11 is 0. The number of hydrogen-bond donors (Lipinski definition) is 1. The van der Waals surface area contributed by atoms with Crippen LogP contribution in [0.5, 0.6) is 0 Å². The third kappa shape index (κ3) is 3.32. The second-order valence-corrected chi connectivity index (χ2v) is 5.54. The fourth-order valence-electron chi connectivity index (χ4n) is 3.02. The van der Waals surface area contributed by atoms with Crippen LogP contribution < -0.4 is 10.2 Å². The Kier molecular flexibility index (Phi) is 5.43. The van der Waals surface area contributed by atoms with Crippen LogP contribution in [0.2, 0.25) is 0 Å². The Morgan fingerprint density at radius 2 is 2.25 bits per heavy atom. The number of nitrogens with zero attached hydrogens (tertiary/aromatic N) is 2. The summed E-state index contributed by atoms with van der Waals surface area (Å²) in [6, 6.07) is 9.32. The normalized spacial score (nSPS) is 18.2.